The zero-order valence-corrected chi connectivity index (χ0v) is 19.8. The van der Waals surface area contributed by atoms with Crippen LogP contribution in [0.1, 0.15) is 55.2 Å². The van der Waals surface area contributed by atoms with Crippen LogP contribution in [0.2, 0.25) is 5.02 Å². The second-order valence-corrected chi connectivity index (χ2v) is 9.03. The van der Waals surface area contributed by atoms with Crippen LogP contribution in [0.3, 0.4) is 0 Å². The number of rotatable bonds is 5. The Hall–Kier alpha value is -4.23. The average Bonchev–Trinajstić information content (AvgIpc) is 3.28. The van der Waals surface area contributed by atoms with E-state index in [4.69, 9.17) is 16.7 Å². The molecule has 0 saturated heterocycles. The number of carbonyl (C=O) groups is 3. The van der Waals surface area contributed by atoms with Gasteiger partial charge in [0.15, 0.2) is 0 Å². The minimum atomic E-state index is -1.03. The molecule has 1 aliphatic rings. The van der Waals surface area contributed by atoms with E-state index in [0.717, 1.165) is 36.1 Å². The first-order valence-corrected chi connectivity index (χ1v) is 11.8. The highest BCUT2D eigenvalue weighted by Crippen LogP contribution is 2.35. The summed E-state index contributed by atoms with van der Waals surface area (Å²) < 4.78 is 1.42. The van der Waals surface area contributed by atoms with Crippen molar-refractivity contribution in [1.82, 2.24) is 9.78 Å². The number of halogens is 1. The smallest absolute Gasteiger partial charge is 0.335 e. The SMILES string of the molecule is O=C(O)c1ccc(-c2cccc(Cl)c2C(=O)n2nc(-c3ccc(C(=O)O)cc3)c3c2CCCC3)cc1. The van der Waals surface area contributed by atoms with Gasteiger partial charge >= 0.3 is 11.9 Å². The van der Waals surface area contributed by atoms with Gasteiger partial charge < -0.3 is 10.2 Å². The minimum absolute atomic E-state index is 0.147. The number of hydrogen-bond donors (Lipinski definition) is 2. The first-order valence-electron chi connectivity index (χ1n) is 11.5. The van der Waals surface area contributed by atoms with Gasteiger partial charge in [-0.05, 0) is 67.1 Å². The van der Waals surface area contributed by atoms with E-state index in [1.54, 1.807) is 42.5 Å². The lowest BCUT2D eigenvalue weighted by molar-refractivity contribution is 0.0686. The maximum absolute atomic E-state index is 13.9. The van der Waals surface area contributed by atoms with Gasteiger partial charge in [0, 0.05) is 11.1 Å². The first kappa shape index (κ1) is 23.5. The molecule has 2 N–H and O–H groups in total. The van der Waals surface area contributed by atoms with E-state index in [0.29, 0.717) is 23.2 Å². The Bertz CT molecular complexity index is 1500. The van der Waals surface area contributed by atoms with Gasteiger partial charge in [-0.1, -0.05) is 48.0 Å². The predicted octanol–water partition coefficient (Wildman–Crippen LogP) is 5.83. The quantitative estimate of drug-likeness (QED) is 0.356. The van der Waals surface area contributed by atoms with E-state index in [9.17, 15) is 24.6 Å². The molecule has 0 bridgehead atoms. The maximum atomic E-state index is 13.9. The minimum Gasteiger partial charge on any atom is -0.478 e. The molecule has 0 fully saturated rings. The summed E-state index contributed by atoms with van der Waals surface area (Å²) in [5, 5.41) is 23.4. The van der Waals surface area contributed by atoms with Crippen molar-refractivity contribution < 1.29 is 24.6 Å². The molecule has 36 heavy (non-hydrogen) atoms. The van der Waals surface area contributed by atoms with Crippen LogP contribution in [-0.4, -0.2) is 37.8 Å². The van der Waals surface area contributed by atoms with Crippen molar-refractivity contribution in [3.05, 3.63) is 99.7 Å². The molecule has 0 saturated carbocycles. The van der Waals surface area contributed by atoms with E-state index in [2.05, 4.69) is 0 Å². The van der Waals surface area contributed by atoms with Crippen LogP contribution in [0.4, 0.5) is 0 Å². The van der Waals surface area contributed by atoms with Crippen LogP contribution in [0.25, 0.3) is 22.4 Å². The molecule has 0 aliphatic heterocycles. The highest BCUT2D eigenvalue weighted by molar-refractivity contribution is 6.34. The summed E-state index contributed by atoms with van der Waals surface area (Å²) in [7, 11) is 0. The van der Waals surface area contributed by atoms with Crippen LogP contribution < -0.4 is 0 Å². The summed E-state index contributed by atoms with van der Waals surface area (Å²) in [5.41, 5.74) is 5.07. The molecule has 180 valence electrons. The fourth-order valence-electron chi connectivity index (χ4n) is 4.65. The number of benzene rings is 3. The summed E-state index contributed by atoms with van der Waals surface area (Å²) in [4.78, 5) is 36.5. The molecule has 5 rings (SSSR count). The standard InChI is InChI=1S/C28H21ClN2O5/c29-22-6-3-5-20(16-8-12-18(13-9-16)27(33)34)24(22)26(32)31-23-7-2-1-4-21(23)25(30-31)17-10-14-19(15-11-17)28(35)36/h3,5-6,8-15H,1-2,4,7H2,(H,33,34)(H,35,36). The highest BCUT2D eigenvalue weighted by atomic mass is 35.5. The fraction of sp³-hybridized carbons (Fsp3) is 0.143. The van der Waals surface area contributed by atoms with Gasteiger partial charge in [-0.3, -0.25) is 4.79 Å². The van der Waals surface area contributed by atoms with E-state index < -0.39 is 11.9 Å². The Labute approximate surface area is 211 Å². The third-order valence-corrected chi connectivity index (χ3v) is 6.76. The van der Waals surface area contributed by atoms with Gasteiger partial charge in [0.1, 0.15) is 0 Å². The maximum Gasteiger partial charge on any atom is 0.335 e. The van der Waals surface area contributed by atoms with Crippen molar-refractivity contribution in [1.29, 1.82) is 0 Å². The summed E-state index contributed by atoms with van der Waals surface area (Å²) in [5.74, 6) is -2.41. The zero-order chi connectivity index (χ0) is 25.4. The molecule has 1 aliphatic carbocycles. The molecule has 3 aromatic carbocycles. The largest absolute Gasteiger partial charge is 0.478 e. The van der Waals surface area contributed by atoms with Crippen LogP contribution in [0.5, 0.6) is 0 Å². The van der Waals surface area contributed by atoms with Gasteiger partial charge in [-0.2, -0.15) is 9.78 Å². The number of nitrogens with zero attached hydrogens (tertiary/aromatic N) is 2. The van der Waals surface area contributed by atoms with E-state index in [-0.39, 0.29) is 27.6 Å². The van der Waals surface area contributed by atoms with Crippen molar-refractivity contribution in [3.63, 3.8) is 0 Å². The molecular weight excluding hydrogens is 480 g/mol. The summed E-state index contributed by atoms with van der Waals surface area (Å²) in [6, 6.07) is 17.9. The molecule has 8 heteroatoms. The summed E-state index contributed by atoms with van der Waals surface area (Å²) in [6.45, 7) is 0. The predicted molar refractivity (Wildman–Crippen MR) is 135 cm³/mol. The van der Waals surface area contributed by atoms with Gasteiger partial charge in [-0.15, -0.1) is 0 Å². The average molecular weight is 501 g/mol. The van der Waals surface area contributed by atoms with Crippen molar-refractivity contribution in [2.45, 2.75) is 25.7 Å². The third-order valence-electron chi connectivity index (χ3n) is 6.45. The molecule has 1 aromatic heterocycles. The second-order valence-electron chi connectivity index (χ2n) is 8.63. The number of carbonyl (C=O) groups excluding carboxylic acids is 1. The van der Waals surface area contributed by atoms with Crippen molar-refractivity contribution in [2.24, 2.45) is 0 Å². The molecular formula is C28H21ClN2O5. The third kappa shape index (κ3) is 4.18. The van der Waals surface area contributed by atoms with Gasteiger partial charge in [-0.25, -0.2) is 9.59 Å². The number of carboxylic acids is 2. The Balaban J connectivity index is 1.62. The van der Waals surface area contributed by atoms with Gasteiger partial charge in [0.25, 0.3) is 5.91 Å². The molecule has 0 unspecified atom stereocenters. The summed E-state index contributed by atoms with van der Waals surface area (Å²) >= 11 is 6.55. The van der Waals surface area contributed by atoms with Gasteiger partial charge in [0.2, 0.25) is 0 Å². The molecule has 7 nitrogen and oxygen atoms in total. The van der Waals surface area contributed by atoms with Crippen LogP contribution in [0.15, 0.2) is 66.7 Å². The van der Waals surface area contributed by atoms with Crippen LogP contribution in [-0.2, 0) is 12.8 Å². The highest BCUT2D eigenvalue weighted by Gasteiger charge is 2.28. The Morgan fingerprint density at radius 1 is 0.778 bits per heavy atom. The van der Waals surface area contributed by atoms with Gasteiger partial charge in [0.05, 0.1) is 33.1 Å². The van der Waals surface area contributed by atoms with Crippen LogP contribution in [0, 0.1) is 0 Å². The van der Waals surface area contributed by atoms with Crippen molar-refractivity contribution >= 4 is 29.4 Å². The molecule has 4 aromatic rings. The molecule has 1 heterocycles. The Morgan fingerprint density at radius 3 is 1.97 bits per heavy atom. The lowest BCUT2D eigenvalue weighted by Crippen LogP contribution is -2.19. The lowest BCUT2D eigenvalue weighted by Gasteiger charge is -2.16. The van der Waals surface area contributed by atoms with Crippen molar-refractivity contribution in [2.75, 3.05) is 0 Å². The van der Waals surface area contributed by atoms with E-state index >= 15 is 0 Å². The number of fused-ring (bicyclic) bond motifs is 1. The fourth-order valence-corrected chi connectivity index (χ4v) is 4.91. The lowest BCUT2D eigenvalue weighted by atomic mass is 9.93. The second kappa shape index (κ2) is 9.43. The van der Waals surface area contributed by atoms with E-state index in [1.165, 1.54) is 28.9 Å². The monoisotopic (exact) mass is 500 g/mol. The topological polar surface area (TPSA) is 109 Å². The number of carboxylic acid groups (broad SMARTS) is 2. The summed E-state index contributed by atoms with van der Waals surface area (Å²) in [6.07, 6.45) is 3.36. The molecule has 0 spiro atoms. The molecule has 0 amide bonds. The zero-order valence-electron chi connectivity index (χ0n) is 19.1. The molecule has 0 radical (unpaired) electrons. The Kier molecular flexibility index (Phi) is 6.16. The number of aromatic carboxylic acids is 2. The molecule has 0 atom stereocenters. The van der Waals surface area contributed by atoms with Crippen molar-refractivity contribution in [3.8, 4) is 22.4 Å². The van der Waals surface area contributed by atoms with E-state index in [1.807, 2.05) is 0 Å². The Morgan fingerprint density at radius 2 is 1.36 bits per heavy atom. The van der Waals surface area contributed by atoms with Crippen LogP contribution >= 0.6 is 11.6 Å². The number of aromatic nitrogens is 2. The number of hydrogen-bond acceptors (Lipinski definition) is 4. The first-order chi connectivity index (χ1) is 17.3. The normalized spacial score (nSPS) is 12.7.